The van der Waals surface area contributed by atoms with Gasteiger partial charge in [-0.05, 0) is 40.5 Å². The minimum Gasteiger partial charge on any atom is -0.368 e. The second kappa shape index (κ2) is 6.07. The van der Waals surface area contributed by atoms with Crippen LogP contribution in [0, 0.1) is 0 Å². The Balaban J connectivity index is 0.000000147. The first-order valence-corrected chi connectivity index (χ1v) is 6.87. The molecule has 0 saturated carbocycles. The molecule has 2 aliphatic rings. The summed E-state index contributed by atoms with van der Waals surface area (Å²) >= 11 is 0. The molecule has 1 nitrogen and oxygen atoms in total. The molecule has 1 aliphatic carbocycles. The average molecular weight is 259 g/mol. The first-order valence-electron chi connectivity index (χ1n) is 6.87. The summed E-state index contributed by atoms with van der Waals surface area (Å²) in [6.07, 6.45) is 17.1. The summed E-state index contributed by atoms with van der Waals surface area (Å²) in [5, 5.41) is 5.72. The zero-order valence-corrected chi connectivity index (χ0v) is 11.3. The Morgan fingerprint density at radius 2 is 1.55 bits per heavy atom. The summed E-state index contributed by atoms with van der Waals surface area (Å²) in [5.74, 6) is 0. The van der Waals surface area contributed by atoms with Gasteiger partial charge in [-0.2, -0.15) is 0 Å². The van der Waals surface area contributed by atoms with Crippen LogP contribution in [0.1, 0.15) is 11.1 Å². The van der Waals surface area contributed by atoms with Gasteiger partial charge in [0, 0.05) is 12.4 Å². The molecule has 2 aromatic carbocycles. The third kappa shape index (κ3) is 2.72. The molecule has 0 unspecified atom stereocenters. The molecule has 0 amide bonds. The van der Waals surface area contributed by atoms with Gasteiger partial charge in [0.25, 0.3) is 0 Å². The summed E-state index contributed by atoms with van der Waals surface area (Å²) in [4.78, 5) is 0. The Morgan fingerprint density at radius 3 is 2.35 bits per heavy atom. The molecule has 0 fully saturated rings. The van der Waals surface area contributed by atoms with Gasteiger partial charge in [0.05, 0.1) is 0 Å². The van der Waals surface area contributed by atoms with Crippen molar-refractivity contribution in [1.82, 2.24) is 5.32 Å². The van der Waals surface area contributed by atoms with Crippen LogP contribution in [0.25, 0.3) is 16.8 Å². The van der Waals surface area contributed by atoms with Crippen molar-refractivity contribution in [2.75, 3.05) is 0 Å². The van der Waals surface area contributed by atoms with Crippen molar-refractivity contribution < 1.29 is 0 Å². The third-order valence-corrected chi connectivity index (χ3v) is 3.38. The summed E-state index contributed by atoms with van der Waals surface area (Å²) in [5.41, 5.74) is 2.81. The fraction of sp³-hybridized carbons (Fsp3) is 0.0526. The van der Waals surface area contributed by atoms with Crippen LogP contribution in [-0.2, 0) is 6.42 Å². The lowest BCUT2D eigenvalue weighted by atomic mass is 9.93. The fourth-order valence-corrected chi connectivity index (χ4v) is 2.48. The van der Waals surface area contributed by atoms with E-state index in [0.29, 0.717) is 0 Å². The molecular formula is C19H17N. The topological polar surface area (TPSA) is 12.0 Å². The van der Waals surface area contributed by atoms with Gasteiger partial charge in [-0.1, -0.05) is 60.7 Å². The first-order chi connectivity index (χ1) is 9.95. The Kier molecular flexibility index (Phi) is 3.79. The predicted octanol–water partition coefficient (Wildman–Crippen LogP) is 4.58. The van der Waals surface area contributed by atoms with Crippen LogP contribution in [0.2, 0.25) is 0 Å². The lowest BCUT2D eigenvalue weighted by Gasteiger charge is -2.11. The summed E-state index contributed by atoms with van der Waals surface area (Å²) in [7, 11) is 0. The monoisotopic (exact) mass is 259 g/mol. The van der Waals surface area contributed by atoms with E-state index in [-0.39, 0.29) is 0 Å². The molecule has 0 atom stereocenters. The van der Waals surface area contributed by atoms with E-state index in [4.69, 9.17) is 0 Å². The van der Waals surface area contributed by atoms with Crippen molar-refractivity contribution in [2.24, 2.45) is 0 Å². The van der Waals surface area contributed by atoms with Crippen LogP contribution in [0.5, 0.6) is 0 Å². The lowest BCUT2D eigenvalue weighted by molar-refractivity contribution is 1.20. The molecular weight excluding hydrogens is 242 g/mol. The van der Waals surface area contributed by atoms with E-state index in [1.165, 1.54) is 21.9 Å². The standard InChI is InChI=1S/C13H10.C6H7N/c1-4-10-6-2-8-12-9-3-7-11(5-1)13(10)12;1-2-4-6-7-5-3-1/h1-8H,9H2;1-7H. The fourth-order valence-electron chi connectivity index (χ4n) is 2.48. The summed E-state index contributed by atoms with van der Waals surface area (Å²) in [6, 6.07) is 13.0. The second-order valence-corrected chi connectivity index (χ2v) is 4.74. The van der Waals surface area contributed by atoms with Gasteiger partial charge in [0.1, 0.15) is 0 Å². The van der Waals surface area contributed by atoms with Crippen LogP contribution < -0.4 is 5.32 Å². The molecule has 0 spiro atoms. The van der Waals surface area contributed by atoms with Crippen molar-refractivity contribution in [3.05, 3.63) is 90.3 Å². The Bertz CT molecular complexity index is 698. The van der Waals surface area contributed by atoms with E-state index in [9.17, 15) is 0 Å². The van der Waals surface area contributed by atoms with Crippen molar-refractivity contribution in [3.8, 4) is 0 Å². The molecule has 1 aliphatic heterocycles. The first kappa shape index (κ1) is 12.5. The van der Waals surface area contributed by atoms with Crippen LogP contribution in [0.4, 0.5) is 0 Å². The molecule has 0 bridgehead atoms. The number of benzene rings is 2. The summed E-state index contributed by atoms with van der Waals surface area (Å²) in [6.45, 7) is 0. The lowest BCUT2D eigenvalue weighted by Crippen LogP contribution is -1.91. The maximum Gasteiger partial charge on any atom is 0.000442 e. The molecule has 1 heteroatoms. The third-order valence-electron chi connectivity index (χ3n) is 3.38. The SMILES string of the molecule is C1=CC=CNC=C1.C1=Cc2cccc3cccc(c23)C1. The van der Waals surface area contributed by atoms with Crippen molar-refractivity contribution in [2.45, 2.75) is 6.42 Å². The van der Waals surface area contributed by atoms with Crippen LogP contribution in [-0.4, -0.2) is 0 Å². The highest BCUT2D eigenvalue weighted by atomic mass is 14.8. The normalized spacial score (nSPS) is 14.4. The van der Waals surface area contributed by atoms with Gasteiger partial charge < -0.3 is 5.32 Å². The van der Waals surface area contributed by atoms with E-state index in [1.807, 2.05) is 36.7 Å². The number of hydrogen-bond acceptors (Lipinski definition) is 1. The highest BCUT2D eigenvalue weighted by molar-refractivity contribution is 5.94. The number of nitrogens with one attached hydrogen (secondary N) is 1. The smallest absolute Gasteiger partial charge is 0.000442 e. The Labute approximate surface area is 119 Å². The molecule has 0 radical (unpaired) electrons. The van der Waals surface area contributed by atoms with Crippen molar-refractivity contribution in [3.63, 3.8) is 0 Å². The molecule has 4 rings (SSSR count). The highest BCUT2D eigenvalue weighted by Crippen LogP contribution is 2.27. The van der Waals surface area contributed by atoms with Gasteiger partial charge in [-0.15, -0.1) is 0 Å². The number of rotatable bonds is 0. The number of allylic oxidation sites excluding steroid dienone is 5. The molecule has 1 N–H and O–H groups in total. The van der Waals surface area contributed by atoms with E-state index in [1.54, 1.807) is 0 Å². The largest absolute Gasteiger partial charge is 0.368 e. The molecule has 98 valence electrons. The predicted molar refractivity (Wildman–Crippen MR) is 87.2 cm³/mol. The Morgan fingerprint density at radius 1 is 0.800 bits per heavy atom. The van der Waals surface area contributed by atoms with E-state index < -0.39 is 0 Å². The highest BCUT2D eigenvalue weighted by Gasteiger charge is 2.06. The van der Waals surface area contributed by atoms with E-state index in [2.05, 4.69) is 53.9 Å². The minimum absolute atomic E-state index is 1.08. The zero-order chi connectivity index (χ0) is 13.6. The summed E-state index contributed by atoms with van der Waals surface area (Å²) < 4.78 is 0. The maximum absolute atomic E-state index is 2.92. The van der Waals surface area contributed by atoms with Crippen molar-refractivity contribution in [1.29, 1.82) is 0 Å². The van der Waals surface area contributed by atoms with Crippen LogP contribution in [0.15, 0.2) is 79.2 Å². The van der Waals surface area contributed by atoms with Crippen LogP contribution in [0.3, 0.4) is 0 Å². The quantitative estimate of drug-likeness (QED) is 0.730. The maximum atomic E-state index is 2.92. The Hall–Kier alpha value is -2.54. The van der Waals surface area contributed by atoms with Crippen molar-refractivity contribution >= 4 is 16.8 Å². The van der Waals surface area contributed by atoms with Crippen LogP contribution >= 0.6 is 0 Å². The molecule has 20 heavy (non-hydrogen) atoms. The van der Waals surface area contributed by atoms with Gasteiger partial charge >= 0.3 is 0 Å². The van der Waals surface area contributed by atoms with Gasteiger partial charge in [0.15, 0.2) is 0 Å². The molecule has 0 saturated heterocycles. The second-order valence-electron chi connectivity index (χ2n) is 4.74. The molecule has 2 aromatic rings. The van der Waals surface area contributed by atoms with E-state index >= 15 is 0 Å². The molecule has 0 aromatic heterocycles. The number of hydrogen-bond donors (Lipinski definition) is 1. The van der Waals surface area contributed by atoms with Gasteiger partial charge in [-0.3, -0.25) is 0 Å². The molecule has 1 heterocycles. The van der Waals surface area contributed by atoms with Gasteiger partial charge in [0.2, 0.25) is 0 Å². The minimum atomic E-state index is 1.08. The van der Waals surface area contributed by atoms with Gasteiger partial charge in [-0.25, -0.2) is 0 Å². The average Bonchev–Trinajstić information content (AvgIpc) is 2.82. The zero-order valence-electron chi connectivity index (χ0n) is 11.3. The van der Waals surface area contributed by atoms with E-state index in [0.717, 1.165) is 6.42 Å².